The molecule has 0 aliphatic rings. The minimum Gasteiger partial charge on any atom is -0.467 e. The topological polar surface area (TPSA) is 102 Å². The van der Waals surface area contributed by atoms with E-state index in [0.29, 0.717) is 34.2 Å². The van der Waals surface area contributed by atoms with Crippen LogP contribution in [0, 0.1) is 24.4 Å². The molecular formula is C31H28F6N4O4. The maximum atomic E-state index is 14.9. The summed E-state index contributed by atoms with van der Waals surface area (Å²) in [7, 11) is 2.45. The van der Waals surface area contributed by atoms with Crippen LogP contribution in [0.1, 0.15) is 34.8 Å². The Morgan fingerprint density at radius 1 is 1.07 bits per heavy atom. The van der Waals surface area contributed by atoms with Crippen LogP contribution in [-0.2, 0) is 23.0 Å². The van der Waals surface area contributed by atoms with Gasteiger partial charge < -0.3 is 19.9 Å². The third-order valence-electron chi connectivity index (χ3n) is 7.33. The smallest absolute Gasteiger partial charge is 0.408 e. The van der Waals surface area contributed by atoms with Crippen molar-refractivity contribution in [2.24, 2.45) is 7.05 Å². The summed E-state index contributed by atoms with van der Waals surface area (Å²) in [6.45, 7) is 2.69. The average Bonchev–Trinajstić information content (AvgIpc) is 2.98. The lowest BCUT2D eigenvalue weighted by Gasteiger charge is -2.22. The lowest BCUT2D eigenvalue weighted by Crippen LogP contribution is -2.43. The Bertz CT molecular complexity index is 1820. The molecule has 0 bridgehead atoms. The second-order valence-corrected chi connectivity index (χ2v) is 10.3. The molecule has 0 saturated carbocycles. The van der Waals surface area contributed by atoms with Crippen molar-refractivity contribution in [3.8, 4) is 11.1 Å². The van der Waals surface area contributed by atoms with Crippen LogP contribution in [-0.4, -0.2) is 46.8 Å². The van der Waals surface area contributed by atoms with Gasteiger partial charge in [0.1, 0.15) is 35.1 Å². The van der Waals surface area contributed by atoms with E-state index >= 15 is 0 Å². The van der Waals surface area contributed by atoms with Crippen LogP contribution in [0.3, 0.4) is 0 Å². The first-order valence-corrected chi connectivity index (χ1v) is 13.6. The highest BCUT2D eigenvalue weighted by atomic mass is 19.4. The monoisotopic (exact) mass is 634 g/mol. The van der Waals surface area contributed by atoms with Crippen LogP contribution in [0.2, 0.25) is 0 Å². The number of aryl methyl sites for hydroxylation is 1. The Labute approximate surface area is 253 Å². The molecule has 45 heavy (non-hydrogen) atoms. The number of benzene rings is 2. The molecule has 0 saturated heterocycles. The van der Waals surface area contributed by atoms with E-state index in [-0.39, 0.29) is 17.5 Å². The second kappa shape index (κ2) is 13.0. The van der Waals surface area contributed by atoms with Crippen molar-refractivity contribution in [3.05, 3.63) is 93.3 Å². The molecule has 8 nitrogen and oxygen atoms in total. The van der Waals surface area contributed by atoms with E-state index in [2.05, 4.69) is 10.3 Å². The van der Waals surface area contributed by atoms with Crippen LogP contribution in [0.4, 0.5) is 32.0 Å². The maximum absolute atomic E-state index is 14.9. The molecule has 4 rings (SSSR count). The maximum Gasteiger partial charge on any atom is 0.408 e. The molecule has 2 heterocycles. The fourth-order valence-electron chi connectivity index (χ4n) is 4.99. The molecule has 0 radical (unpaired) electrons. The van der Waals surface area contributed by atoms with Gasteiger partial charge in [0.15, 0.2) is 0 Å². The number of alkyl halides is 3. The Morgan fingerprint density at radius 3 is 2.33 bits per heavy atom. The number of pyridine rings is 2. The molecule has 2 aromatic heterocycles. The zero-order valence-electron chi connectivity index (χ0n) is 24.5. The zero-order valence-corrected chi connectivity index (χ0v) is 24.5. The number of carbonyl (C=O) groups excluding carboxylic acids is 2. The third kappa shape index (κ3) is 6.79. The Balaban J connectivity index is 1.68. The number of ether oxygens (including phenoxy) is 1. The van der Waals surface area contributed by atoms with E-state index < -0.39 is 70.8 Å². The lowest BCUT2D eigenvalue weighted by atomic mass is 9.94. The van der Waals surface area contributed by atoms with E-state index in [0.717, 1.165) is 17.9 Å². The molecular weight excluding hydrogens is 606 g/mol. The molecule has 0 spiro atoms. The van der Waals surface area contributed by atoms with Crippen LogP contribution >= 0.6 is 0 Å². The highest BCUT2D eigenvalue weighted by Gasteiger charge is 2.38. The number of hydrogen-bond donors (Lipinski definition) is 2. The first-order chi connectivity index (χ1) is 21.2. The standard InChI is InChI=1S/C31H28F6N4O4/c1-5-24(31(35,36)37)39-17-12-20(32)26(21(33)13-17)28(42)40-23(30(44)45-4)11-16-8-9-19(27-18(16)7-6-10-38-27)25-15(2)22(34)14-41(3)29(25)43/h6-10,12-14,23-24,39H,5,11H2,1-4H3,(H,40,42)/t23-,24+/m0/s1. The van der Waals surface area contributed by atoms with E-state index in [4.69, 9.17) is 4.74 Å². The van der Waals surface area contributed by atoms with Crippen molar-refractivity contribution >= 4 is 28.5 Å². The number of hydrogen-bond acceptors (Lipinski definition) is 6. The van der Waals surface area contributed by atoms with Crippen molar-refractivity contribution in [3.63, 3.8) is 0 Å². The van der Waals surface area contributed by atoms with E-state index in [1.54, 1.807) is 12.1 Å². The van der Waals surface area contributed by atoms with Gasteiger partial charge in [0, 0.05) is 42.5 Å². The summed E-state index contributed by atoms with van der Waals surface area (Å²) in [5, 5.41) is 4.68. The lowest BCUT2D eigenvalue weighted by molar-refractivity contribution is -0.143. The summed E-state index contributed by atoms with van der Waals surface area (Å²) in [4.78, 5) is 43.0. The normalized spacial score (nSPS) is 12.9. The van der Waals surface area contributed by atoms with Gasteiger partial charge in [0.25, 0.3) is 11.5 Å². The van der Waals surface area contributed by atoms with Gasteiger partial charge in [-0.1, -0.05) is 25.1 Å². The predicted octanol–water partition coefficient (Wildman–Crippen LogP) is 5.59. The quantitative estimate of drug-likeness (QED) is 0.184. The van der Waals surface area contributed by atoms with E-state index in [1.165, 1.54) is 39.2 Å². The summed E-state index contributed by atoms with van der Waals surface area (Å²) in [6, 6.07) is 3.81. The van der Waals surface area contributed by atoms with Crippen LogP contribution in [0.15, 0.2) is 53.6 Å². The zero-order chi connectivity index (χ0) is 33.2. The molecule has 238 valence electrons. The number of rotatable bonds is 9. The van der Waals surface area contributed by atoms with Gasteiger partial charge in [-0.25, -0.2) is 18.0 Å². The summed E-state index contributed by atoms with van der Waals surface area (Å²) in [5.74, 6) is -5.84. The Morgan fingerprint density at radius 2 is 1.73 bits per heavy atom. The number of aromatic nitrogens is 2. The number of esters is 1. The number of methoxy groups -OCH3 is 1. The number of nitrogens with one attached hydrogen (secondary N) is 2. The first kappa shape index (κ1) is 33.0. The van der Waals surface area contributed by atoms with E-state index in [1.807, 2.05) is 5.32 Å². The van der Waals surface area contributed by atoms with Crippen molar-refractivity contribution in [2.75, 3.05) is 12.4 Å². The number of anilines is 1. The van der Waals surface area contributed by atoms with Crippen molar-refractivity contribution in [1.29, 1.82) is 0 Å². The molecule has 14 heteroatoms. The van der Waals surface area contributed by atoms with Gasteiger partial charge in [-0.3, -0.25) is 14.6 Å². The Hall–Kier alpha value is -4.88. The average molecular weight is 635 g/mol. The predicted molar refractivity (Wildman–Crippen MR) is 154 cm³/mol. The summed E-state index contributed by atoms with van der Waals surface area (Å²) in [6.07, 6.45) is -2.84. The van der Waals surface area contributed by atoms with Crippen molar-refractivity contribution in [2.45, 2.75) is 44.9 Å². The van der Waals surface area contributed by atoms with Crippen LogP contribution in [0.25, 0.3) is 22.0 Å². The Kier molecular flexibility index (Phi) is 9.54. The number of fused-ring (bicyclic) bond motifs is 1. The molecule has 0 aliphatic heterocycles. The molecule has 0 aliphatic carbocycles. The number of nitrogens with zero attached hydrogens (tertiary/aromatic N) is 2. The van der Waals surface area contributed by atoms with Crippen molar-refractivity contribution < 1.29 is 40.7 Å². The fourth-order valence-corrected chi connectivity index (χ4v) is 4.99. The number of halogens is 6. The second-order valence-electron chi connectivity index (χ2n) is 10.3. The number of amides is 1. The molecule has 2 N–H and O–H groups in total. The highest BCUT2D eigenvalue weighted by Crippen LogP contribution is 2.31. The molecule has 2 aromatic carbocycles. The van der Waals surface area contributed by atoms with Gasteiger partial charge in [0.05, 0.1) is 18.2 Å². The summed E-state index contributed by atoms with van der Waals surface area (Å²) in [5.41, 5.74) is -0.906. The molecule has 2 atom stereocenters. The van der Waals surface area contributed by atoms with Gasteiger partial charge >= 0.3 is 12.1 Å². The summed E-state index contributed by atoms with van der Waals surface area (Å²) < 4.78 is 89.7. The molecule has 0 unspecified atom stereocenters. The van der Waals surface area contributed by atoms with Crippen molar-refractivity contribution in [1.82, 2.24) is 14.9 Å². The molecule has 0 fully saturated rings. The van der Waals surface area contributed by atoms with Gasteiger partial charge in [-0.05, 0) is 42.7 Å². The first-order valence-electron chi connectivity index (χ1n) is 13.6. The molecule has 1 amide bonds. The minimum absolute atomic E-state index is 0.0787. The largest absolute Gasteiger partial charge is 0.467 e. The third-order valence-corrected chi connectivity index (χ3v) is 7.33. The van der Waals surface area contributed by atoms with Crippen LogP contribution in [0.5, 0.6) is 0 Å². The van der Waals surface area contributed by atoms with Gasteiger partial charge in [-0.2, -0.15) is 13.2 Å². The fraction of sp³-hybridized carbons (Fsp3) is 0.290. The van der Waals surface area contributed by atoms with Gasteiger partial charge in [-0.15, -0.1) is 0 Å². The minimum atomic E-state index is -4.69. The SMILES string of the molecule is CC[C@@H](Nc1cc(F)c(C(=O)N[C@@H](Cc2ccc(-c3c(C)c(F)cn(C)c3=O)c3ncccc23)C(=O)OC)c(F)c1)C(F)(F)F. The van der Waals surface area contributed by atoms with E-state index in [9.17, 15) is 40.7 Å². The van der Waals surface area contributed by atoms with Crippen LogP contribution < -0.4 is 16.2 Å². The molecule has 4 aromatic rings. The highest BCUT2D eigenvalue weighted by molar-refractivity contribution is 5.99. The number of carbonyl (C=O) groups is 2. The summed E-state index contributed by atoms with van der Waals surface area (Å²) >= 11 is 0. The van der Waals surface area contributed by atoms with Gasteiger partial charge in [0.2, 0.25) is 0 Å².